The van der Waals surface area contributed by atoms with Gasteiger partial charge >= 0.3 is 0 Å². The number of likely N-dealkylation sites (N-methyl/N-ethyl adjacent to an activating group) is 1. The van der Waals surface area contributed by atoms with E-state index in [1.54, 1.807) is 0 Å². The minimum absolute atomic E-state index is 0.123. The number of hydrogen-bond acceptors (Lipinski definition) is 4. The number of aliphatic hydroxyl groups is 1. The summed E-state index contributed by atoms with van der Waals surface area (Å²) in [6.45, 7) is 10.3. The van der Waals surface area contributed by atoms with E-state index in [0.717, 1.165) is 12.5 Å². The van der Waals surface area contributed by atoms with E-state index >= 15 is 0 Å². The van der Waals surface area contributed by atoms with Gasteiger partial charge in [0.05, 0.1) is 6.61 Å². The van der Waals surface area contributed by atoms with Crippen LogP contribution in [-0.4, -0.2) is 72.9 Å². The molecule has 2 N–H and O–H groups in total. The Balaban J connectivity index is 2.26. The predicted molar refractivity (Wildman–Crippen MR) is 90.8 cm³/mol. The van der Waals surface area contributed by atoms with Crippen LogP contribution in [0.1, 0.15) is 52.9 Å². The van der Waals surface area contributed by atoms with Gasteiger partial charge in [-0.1, -0.05) is 20.3 Å². The highest BCUT2D eigenvalue weighted by molar-refractivity contribution is 4.85. The van der Waals surface area contributed by atoms with E-state index in [0.29, 0.717) is 6.04 Å². The highest BCUT2D eigenvalue weighted by Crippen LogP contribution is 2.20. The summed E-state index contributed by atoms with van der Waals surface area (Å²) in [6, 6.07) is 1.17. The van der Waals surface area contributed by atoms with Gasteiger partial charge in [0.1, 0.15) is 0 Å². The van der Waals surface area contributed by atoms with Crippen LogP contribution in [0.4, 0.5) is 0 Å². The van der Waals surface area contributed by atoms with Crippen molar-refractivity contribution in [1.29, 1.82) is 0 Å². The first kappa shape index (κ1) is 18.9. The first-order valence-electron chi connectivity index (χ1n) is 8.63. The van der Waals surface area contributed by atoms with E-state index in [9.17, 15) is 5.11 Å². The Hall–Kier alpha value is -0.160. The number of nitrogens with one attached hydrogen (secondary N) is 1. The molecule has 1 rings (SSSR count). The smallest absolute Gasteiger partial charge is 0.0610 e. The standard InChI is InChI=1S/C17H37N3O/c1-15(2)18-17(3,14-21)10-6-7-11-20-12-8-9-16(20)13-19(4)5/h15-16,18,21H,6-14H2,1-5H3. The van der Waals surface area contributed by atoms with Crippen LogP contribution < -0.4 is 5.32 Å². The summed E-state index contributed by atoms with van der Waals surface area (Å²) in [5.41, 5.74) is -0.123. The monoisotopic (exact) mass is 299 g/mol. The number of nitrogens with zero attached hydrogens (tertiary/aromatic N) is 2. The molecule has 2 atom stereocenters. The van der Waals surface area contributed by atoms with Crippen molar-refractivity contribution in [2.45, 2.75) is 70.5 Å². The summed E-state index contributed by atoms with van der Waals surface area (Å²) in [6.07, 6.45) is 6.17. The molecule has 0 aromatic carbocycles. The van der Waals surface area contributed by atoms with Crippen molar-refractivity contribution in [2.75, 3.05) is 40.3 Å². The summed E-state index contributed by atoms with van der Waals surface area (Å²) in [5.74, 6) is 0. The zero-order valence-corrected chi connectivity index (χ0v) is 14.9. The Morgan fingerprint density at radius 3 is 2.62 bits per heavy atom. The lowest BCUT2D eigenvalue weighted by Crippen LogP contribution is -2.49. The van der Waals surface area contributed by atoms with Gasteiger partial charge < -0.3 is 15.3 Å². The second kappa shape index (κ2) is 9.09. The molecule has 0 spiro atoms. The average Bonchev–Trinajstić information content (AvgIpc) is 2.80. The lowest BCUT2D eigenvalue weighted by molar-refractivity contribution is 0.150. The minimum atomic E-state index is -0.123. The van der Waals surface area contributed by atoms with Crippen molar-refractivity contribution in [3.8, 4) is 0 Å². The van der Waals surface area contributed by atoms with E-state index in [1.165, 1.54) is 45.3 Å². The molecule has 4 heteroatoms. The van der Waals surface area contributed by atoms with Gasteiger partial charge in [-0.25, -0.2) is 0 Å². The van der Waals surface area contributed by atoms with Crippen LogP contribution in [0.15, 0.2) is 0 Å². The van der Waals surface area contributed by atoms with Gasteiger partial charge in [0.25, 0.3) is 0 Å². The Labute approximate surface area is 131 Å². The average molecular weight is 300 g/mol. The number of likely N-dealkylation sites (tertiary alicyclic amines) is 1. The zero-order chi connectivity index (χ0) is 15.9. The summed E-state index contributed by atoms with van der Waals surface area (Å²) in [5, 5.41) is 13.1. The molecule has 126 valence electrons. The summed E-state index contributed by atoms with van der Waals surface area (Å²) in [7, 11) is 4.33. The highest BCUT2D eigenvalue weighted by Gasteiger charge is 2.26. The van der Waals surface area contributed by atoms with E-state index in [-0.39, 0.29) is 12.1 Å². The van der Waals surface area contributed by atoms with E-state index in [4.69, 9.17) is 0 Å². The Morgan fingerprint density at radius 1 is 1.33 bits per heavy atom. The fourth-order valence-corrected chi connectivity index (χ4v) is 3.54. The van der Waals surface area contributed by atoms with Gasteiger partial charge in [-0.3, -0.25) is 4.90 Å². The second-order valence-electron chi connectivity index (χ2n) is 7.57. The summed E-state index contributed by atoms with van der Waals surface area (Å²) < 4.78 is 0. The lowest BCUT2D eigenvalue weighted by Gasteiger charge is -2.32. The van der Waals surface area contributed by atoms with Crippen molar-refractivity contribution in [2.24, 2.45) is 0 Å². The summed E-state index contributed by atoms with van der Waals surface area (Å²) in [4.78, 5) is 4.96. The lowest BCUT2D eigenvalue weighted by atomic mass is 9.94. The van der Waals surface area contributed by atoms with Crippen LogP contribution in [0.25, 0.3) is 0 Å². The number of unbranched alkanes of at least 4 members (excludes halogenated alkanes) is 1. The zero-order valence-electron chi connectivity index (χ0n) is 14.9. The molecule has 1 fully saturated rings. The summed E-state index contributed by atoms with van der Waals surface area (Å²) >= 11 is 0. The van der Waals surface area contributed by atoms with E-state index in [1.807, 2.05) is 0 Å². The molecule has 0 aliphatic carbocycles. The van der Waals surface area contributed by atoms with Crippen LogP contribution >= 0.6 is 0 Å². The van der Waals surface area contributed by atoms with Gasteiger partial charge in [-0.05, 0) is 59.8 Å². The Bertz CT molecular complexity index is 283. The number of hydrogen-bond donors (Lipinski definition) is 2. The highest BCUT2D eigenvalue weighted by atomic mass is 16.3. The van der Waals surface area contributed by atoms with Gasteiger partial charge in [0.15, 0.2) is 0 Å². The molecular weight excluding hydrogens is 262 g/mol. The molecule has 1 saturated heterocycles. The van der Waals surface area contributed by atoms with Crippen LogP contribution in [0.2, 0.25) is 0 Å². The molecule has 1 aliphatic rings. The first-order valence-corrected chi connectivity index (χ1v) is 8.63. The third-order valence-electron chi connectivity index (χ3n) is 4.48. The van der Waals surface area contributed by atoms with E-state index in [2.05, 4.69) is 50.0 Å². The van der Waals surface area contributed by atoms with Gasteiger partial charge in [0, 0.05) is 24.2 Å². The van der Waals surface area contributed by atoms with Crippen molar-refractivity contribution in [3.05, 3.63) is 0 Å². The molecule has 0 radical (unpaired) electrons. The third-order valence-corrected chi connectivity index (χ3v) is 4.48. The number of aliphatic hydroxyl groups excluding tert-OH is 1. The van der Waals surface area contributed by atoms with Gasteiger partial charge in [-0.2, -0.15) is 0 Å². The third kappa shape index (κ3) is 7.09. The molecule has 2 unspecified atom stereocenters. The second-order valence-corrected chi connectivity index (χ2v) is 7.57. The molecule has 0 aromatic heterocycles. The van der Waals surface area contributed by atoms with Crippen molar-refractivity contribution < 1.29 is 5.11 Å². The topological polar surface area (TPSA) is 38.7 Å². The van der Waals surface area contributed by atoms with Crippen LogP contribution in [-0.2, 0) is 0 Å². The molecule has 1 heterocycles. The SMILES string of the molecule is CC(C)NC(C)(CO)CCCCN1CCCC1CN(C)C. The van der Waals surface area contributed by atoms with Crippen molar-refractivity contribution in [3.63, 3.8) is 0 Å². The molecule has 4 nitrogen and oxygen atoms in total. The van der Waals surface area contributed by atoms with Gasteiger partial charge in [0.2, 0.25) is 0 Å². The van der Waals surface area contributed by atoms with Crippen molar-refractivity contribution >= 4 is 0 Å². The minimum Gasteiger partial charge on any atom is -0.394 e. The maximum absolute atomic E-state index is 9.61. The molecule has 0 amide bonds. The Kier molecular flexibility index (Phi) is 8.17. The normalized spacial score (nSPS) is 23.1. The van der Waals surface area contributed by atoms with Crippen LogP contribution in [0.3, 0.4) is 0 Å². The fraction of sp³-hybridized carbons (Fsp3) is 1.00. The largest absolute Gasteiger partial charge is 0.394 e. The first-order chi connectivity index (χ1) is 9.86. The maximum Gasteiger partial charge on any atom is 0.0610 e. The molecule has 0 saturated carbocycles. The quantitative estimate of drug-likeness (QED) is 0.605. The van der Waals surface area contributed by atoms with Gasteiger partial charge in [-0.15, -0.1) is 0 Å². The predicted octanol–water partition coefficient (Wildman–Crippen LogP) is 1.93. The van der Waals surface area contributed by atoms with Crippen molar-refractivity contribution in [1.82, 2.24) is 15.1 Å². The molecule has 1 aliphatic heterocycles. The Morgan fingerprint density at radius 2 is 2.05 bits per heavy atom. The molecule has 0 aromatic rings. The molecule has 21 heavy (non-hydrogen) atoms. The molecular formula is C17H37N3O. The fourth-order valence-electron chi connectivity index (χ4n) is 3.54. The van der Waals surface area contributed by atoms with Crippen LogP contribution in [0.5, 0.6) is 0 Å². The van der Waals surface area contributed by atoms with Crippen LogP contribution in [0, 0.1) is 0 Å². The molecule has 0 bridgehead atoms. The number of rotatable bonds is 10. The van der Waals surface area contributed by atoms with E-state index < -0.39 is 0 Å². The maximum atomic E-state index is 9.61.